The van der Waals surface area contributed by atoms with Gasteiger partial charge in [0.15, 0.2) is 5.11 Å². The highest BCUT2D eigenvalue weighted by atomic mass is 35.5. The van der Waals surface area contributed by atoms with Crippen molar-refractivity contribution in [1.82, 2.24) is 9.88 Å². The molecule has 1 fully saturated rings. The largest absolute Gasteiger partial charge is 0.342 e. The predicted molar refractivity (Wildman–Crippen MR) is 95.2 cm³/mol. The molecule has 0 spiro atoms. The summed E-state index contributed by atoms with van der Waals surface area (Å²) < 4.78 is 0. The molecule has 5 heteroatoms. The molecule has 0 aliphatic heterocycles. The zero-order chi connectivity index (χ0) is 15.5. The summed E-state index contributed by atoms with van der Waals surface area (Å²) in [6.07, 6.45) is 6.04. The van der Waals surface area contributed by atoms with E-state index in [0.29, 0.717) is 11.1 Å². The summed E-state index contributed by atoms with van der Waals surface area (Å²) in [5.74, 6) is 0. The molecule has 0 radical (unpaired) electrons. The van der Waals surface area contributed by atoms with Crippen molar-refractivity contribution in [1.29, 1.82) is 0 Å². The van der Waals surface area contributed by atoms with Gasteiger partial charge >= 0.3 is 0 Å². The summed E-state index contributed by atoms with van der Waals surface area (Å²) in [4.78, 5) is 6.40. The summed E-state index contributed by atoms with van der Waals surface area (Å²) in [7, 11) is 0. The topological polar surface area (TPSA) is 28.2 Å². The summed E-state index contributed by atoms with van der Waals surface area (Å²) in [5, 5.41) is 4.70. The van der Waals surface area contributed by atoms with E-state index in [9.17, 15) is 0 Å². The van der Waals surface area contributed by atoms with E-state index in [0.717, 1.165) is 28.5 Å². The van der Waals surface area contributed by atoms with Gasteiger partial charge in [0.1, 0.15) is 0 Å². The smallest absolute Gasteiger partial charge is 0.174 e. The third-order valence-corrected chi connectivity index (χ3v) is 4.34. The monoisotopic (exact) mass is 331 g/mol. The van der Waals surface area contributed by atoms with Crippen LogP contribution < -0.4 is 5.32 Å². The lowest BCUT2D eigenvalue weighted by atomic mass is 10.2. The Kier molecular flexibility index (Phi) is 4.60. The van der Waals surface area contributed by atoms with Crippen molar-refractivity contribution in [3.63, 3.8) is 0 Å². The number of aryl methyl sites for hydroxylation is 1. The van der Waals surface area contributed by atoms with Crippen LogP contribution in [0.1, 0.15) is 24.0 Å². The van der Waals surface area contributed by atoms with E-state index >= 15 is 0 Å². The molecule has 3 nitrogen and oxygen atoms in total. The number of anilines is 1. The molecule has 1 aliphatic carbocycles. The minimum absolute atomic E-state index is 0.518. The van der Waals surface area contributed by atoms with E-state index in [1.54, 1.807) is 6.20 Å². The van der Waals surface area contributed by atoms with Crippen LogP contribution in [0.2, 0.25) is 5.02 Å². The van der Waals surface area contributed by atoms with Crippen LogP contribution >= 0.6 is 23.8 Å². The van der Waals surface area contributed by atoms with Gasteiger partial charge in [-0.2, -0.15) is 0 Å². The molecule has 114 valence electrons. The number of pyridine rings is 1. The van der Waals surface area contributed by atoms with Crippen molar-refractivity contribution >= 4 is 34.6 Å². The summed E-state index contributed by atoms with van der Waals surface area (Å²) >= 11 is 11.9. The van der Waals surface area contributed by atoms with Crippen LogP contribution in [0.4, 0.5) is 5.69 Å². The highest BCUT2D eigenvalue weighted by molar-refractivity contribution is 7.80. The van der Waals surface area contributed by atoms with Gasteiger partial charge in [0.05, 0.1) is 10.7 Å². The molecular weight excluding hydrogens is 314 g/mol. The molecule has 1 aliphatic rings. The van der Waals surface area contributed by atoms with Crippen molar-refractivity contribution in [2.45, 2.75) is 32.4 Å². The Labute approximate surface area is 141 Å². The zero-order valence-electron chi connectivity index (χ0n) is 12.4. The van der Waals surface area contributed by atoms with Crippen LogP contribution in [0.15, 0.2) is 42.7 Å². The molecule has 1 N–H and O–H groups in total. The van der Waals surface area contributed by atoms with E-state index < -0.39 is 0 Å². The minimum atomic E-state index is 0.518. The first-order valence-electron chi connectivity index (χ1n) is 7.36. The molecule has 0 bridgehead atoms. The van der Waals surface area contributed by atoms with Crippen LogP contribution in [0.5, 0.6) is 0 Å². The molecule has 1 saturated carbocycles. The Morgan fingerprint density at radius 1 is 1.41 bits per heavy atom. The molecule has 0 amide bonds. The number of rotatable bonds is 4. The third kappa shape index (κ3) is 3.76. The molecule has 0 saturated heterocycles. The Morgan fingerprint density at radius 3 is 2.86 bits per heavy atom. The van der Waals surface area contributed by atoms with Gasteiger partial charge in [0, 0.05) is 25.0 Å². The lowest BCUT2D eigenvalue weighted by Gasteiger charge is -2.26. The van der Waals surface area contributed by atoms with Gasteiger partial charge in [-0.05, 0) is 61.3 Å². The van der Waals surface area contributed by atoms with Gasteiger partial charge in [-0.25, -0.2) is 0 Å². The fourth-order valence-corrected chi connectivity index (χ4v) is 2.96. The summed E-state index contributed by atoms with van der Waals surface area (Å²) in [6, 6.07) is 10.5. The molecule has 3 rings (SSSR count). The molecule has 0 unspecified atom stereocenters. The number of halogens is 1. The van der Waals surface area contributed by atoms with E-state index in [4.69, 9.17) is 23.8 Å². The Balaban J connectivity index is 1.73. The normalized spacial score (nSPS) is 13.7. The van der Waals surface area contributed by atoms with E-state index in [-0.39, 0.29) is 0 Å². The number of aromatic nitrogens is 1. The second-order valence-electron chi connectivity index (χ2n) is 5.63. The molecule has 22 heavy (non-hydrogen) atoms. The first kappa shape index (κ1) is 15.3. The fourth-order valence-electron chi connectivity index (χ4n) is 2.35. The number of nitrogens with one attached hydrogen (secondary N) is 1. The first-order valence-corrected chi connectivity index (χ1v) is 8.15. The van der Waals surface area contributed by atoms with Gasteiger partial charge < -0.3 is 10.2 Å². The van der Waals surface area contributed by atoms with Crippen LogP contribution in [-0.2, 0) is 6.54 Å². The van der Waals surface area contributed by atoms with Crippen LogP contribution in [-0.4, -0.2) is 21.0 Å². The average molecular weight is 332 g/mol. The van der Waals surface area contributed by atoms with Crippen molar-refractivity contribution in [2.24, 2.45) is 0 Å². The van der Waals surface area contributed by atoms with Gasteiger partial charge in [0.2, 0.25) is 0 Å². The molecule has 0 atom stereocenters. The maximum atomic E-state index is 6.28. The van der Waals surface area contributed by atoms with Crippen molar-refractivity contribution < 1.29 is 0 Å². The number of benzene rings is 1. The average Bonchev–Trinajstić information content (AvgIpc) is 3.33. The van der Waals surface area contributed by atoms with E-state index in [2.05, 4.69) is 21.3 Å². The maximum Gasteiger partial charge on any atom is 0.174 e. The van der Waals surface area contributed by atoms with Gasteiger partial charge in [0.25, 0.3) is 0 Å². The Morgan fingerprint density at radius 2 is 2.23 bits per heavy atom. The molecule has 1 aromatic heterocycles. The summed E-state index contributed by atoms with van der Waals surface area (Å²) in [5.41, 5.74) is 3.15. The standard InChI is InChI=1S/C17H18ClN3S/c1-12-4-7-16(15(18)9-12)20-17(22)21(14-5-6-14)11-13-3-2-8-19-10-13/h2-4,7-10,14H,5-6,11H2,1H3,(H,20,22). The maximum absolute atomic E-state index is 6.28. The highest BCUT2D eigenvalue weighted by Gasteiger charge is 2.31. The lowest BCUT2D eigenvalue weighted by molar-refractivity contribution is 0.409. The van der Waals surface area contributed by atoms with Crippen LogP contribution in [0.25, 0.3) is 0 Å². The first-order chi connectivity index (χ1) is 10.6. The fraction of sp³-hybridized carbons (Fsp3) is 0.294. The van der Waals surface area contributed by atoms with Gasteiger partial charge in [-0.3, -0.25) is 4.98 Å². The second-order valence-corrected chi connectivity index (χ2v) is 6.43. The van der Waals surface area contributed by atoms with Gasteiger partial charge in [-0.15, -0.1) is 0 Å². The van der Waals surface area contributed by atoms with Crippen molar-refractivity contribution in [2.75, 3.05) is 5.32 Å². The van der Waals surface area contributed by atoms with Gasteiger partial charge in [-0.1, -0.05) is 23.7 Å². The quantitative estimate of drug-likeness (QED) is 0.840. The van der Waals surface area contributed by atoms with Crippen molar-refractivity contribution in [3.8, 4) is 0 Å². The minimum Gasteiger partial charge on any atom is -0.342 e. The third-order valence-electron chi connectivity index (χ3n) is 3.69. The van der Waals surface area contributed by atoms with E-state index in [1.807, 2.05) is 37.4 Å². The Bertz CT molecular complexity index is 671. The van der Waals surface area contributed by atoms with Crippen LogP contribution in [0.3, 0.4) is 0 Å². The SMILES string of the molecule is Cc1ccc(NC(=S)N(Cc2cccnc2)C2CC2)c(Cl)c1. The zero-order valence-corrected chi connectivity index (χ0v) is 14.0. The Hall–Kier alpha value is -1.65. The number of hydrogen-bond donors (Lipinski definition) is 1. The second kappa shape index (κ2) is 6.63. The highest BCUT2D eigenvalue weighted by Crippen LogP contribution is 2.30. The number of thiocarbonyl (C=S) groups is 1. The lowest BCUT2D eigenvalue weighted by Crippen LogP contribution is -2.36. The number of nitrogens with zero attached hydrogens (tertiary/aromatic N) is 2. The summed E-state index contributed by atoms with van der Waals surface area (Å²) in [6.45, 7) is 2.79. The molecule has 2 aromatic rings. The number of hydrogen-bond acceptors (Lipinski definition) is 2. The van der Waals surface area contributed by atoms with Crippen molar-refractivity contribution in [3.05, 3.63) is 58.9 Å². The molecule has 1 heterocycles. The van der Waals surface area contributed by atoms with Crippen LogP contribution in [0, 0.1) is 6.92 Å². The molecular formula is C17H18ClN3S. The van der Waals surface area contributed by atoms with E-state index in [1.165, 1.54) is 12.8 Å². The predicted octanol–water partition coefficient (Wildman–Crippen LogP) is 4.40. The molecule has 1 aromatic carbocycles.